The van der Waals surface area contributed by atoms with Crippen molar-refractivity contribution in [3.05, 3.63) is 29.3 Å². The zero-order valence-electron chi connectivity index (χ0n) is 10.1. The third-order valence-corrected chi connectivity index (χ3v) is 2.96. The van der Waals surface area contributed by atoms with Gasteiger partial charge in [-0.2, -0.15) is 5.26 Å². The summed E-state index contributed by atoms with van der Waals surface area (Å²) in [5, 5.41) is 10.6. The highest BCUT2D eigenvalue weighted by atomic mass is 19.1. The van der Waals surface area contributed by atoms with E-state index in [4.69, 9.17) is 11.1 Å². The number of hydrogen-bond donors (Lipinski definition) is 1. The third kappa shape index (κ3) is 2.48. The molecule has 0 atom stereocenters. The molecular formula is C12H12F2N4O. The SMILES string of the molecule is N#Cc1cc(F)c(N(N)N2CCCCC2=O)cc1F. The Morgan fingerprint density at radius 1 is 1.32 bits per heavy atom. The van der Waals surface area contributed by atoms with Gasteiger partial charge in [0.25, 0.3) is 0 Å². The van der Waals surface area contributed by atoms with E-state index >= 15 is 0 Å². The first-order valence-electron chi connectivity index (χ1n) is 5.79. The fourth-order valence-corrected chi connectivity index (χ4v) is 1.95. The second-order valence-corrected chi connectivity index (χ2v) is 4.21. The molecule has 0 saturated carbocycles. The highest BCUT2D eigenvalue weighted by Gasteiger charge is 2.25. The van der Waals surface area contributed by atoms with Gasteiger partial charge < -0.3 is 0 Å². The number of hydrazine groups is 2. The molecule has 2 rings (SSSR count). The summed E-state index contributed by atoms with van der Waals surface area (Å²) in [4.78, 5) is 11.7. The number of anilines is 1. The summed E-state index contributed by atoms with van der Waals surface area (Å²) >= 11 is 0. The van der Waals surface area contributed by atoms with Gasteiger partial charge in [0.2, 0.25) is 5.91 Å². The lowest BCUT2D eigenvalue weighted by molar-refractivity contribution is -0.134. The predicted octanol–water partition coefficient (Wildman–Crippen LogP) is 1.44. The van der Waals surface area contributed by atoms with Crippen LogP contribution >= 0.6 is 0 Å². The van der Waals surface area contributed by atoms with Gasteiger partial charge in [0, 0.05) is 19.0 Å². The van der Waals surface area contributed by atoms with Crippen LogP contribution in [0.3, 0.4) is 0 Å². The average Bonchev–Trinajstić information content (AvgIpc) is 2.40. The maximum absolute atomic E-state index is 13.8. The fraction of sp³-hybridized carbons (Fsp3) is 0.333. The first-order valence-corrected chi connectivity index (χ1v) is 5.79. The number of hydrogen-bond acceptors (Lipinski definition) is 4. The van der Waals surface area contributed by atoms with Crippen LogP contribution in [0.5, 0.6) is 0 Å². The Kier molecular flexibility index (Phi) is 3.62. The molecule has 2 N–H and O–H groups in total. The fourth-order valence-electron chi connectivity index (χ4n) is 1.95. The van der Waals surface area contributed by atoms with Crippen molar-refractivity contribution in [3.8, 4) is 6.07 Å². The van der Waals surface area contributed by atoms with Crippen molar-refractivity contribution in [1.29, 1.82) is 5.26 Å². The van der Waals surface area contributed by atoms with Gasteiger partial charge in [-0.1, -0.05) is 0 Å². The number of benzene rings is 1. The van der Waals surface area contributed by atoms with Crippen molar-refractivity contribution in [3.63, 3.8) is 0 Å². The zero-order chi connectivity index (χ0) is 14.0. The lowest BCUT2D eigenvalue weighted by Gasteiger charge is -2.35. The maximum Gasteiger partial charge on any atom is 0.242 e. The van der Waals surface area contributed by atoms with E-state index in [9.17, 15) is 13.6 Å². The molecule has 1 amide bonds. The zero-order valence-corrected chi connectivity index (χ0v) is 10.1. The Morgan fingerprint density at radius 2 is 2.05 bits per heavy atom. The number of piperidine rings is 1. The minimum Gasteiger partial charge on any atom is -0.273 e. The number of nitrogens with zero attached hydrogens (tertiary/aromatic N) is 3. The van der Waals surface area contributed by atoms with Gasteiger partial charge in [0.1, 0.15) is 17.6 Å². The summed E-state index contributed by atoms with van der Waals surface area (Å²) in [6.45, 7) is 0.358. The number of nitrogens with two attached hydrogens (primary N) is 1. The molecule has 1 fully saturated rings. The molecule has 0 spiro atoms. The third-order valence-electron chi connectivity index (χ3n) is 2.96. The van der Waals surface area contributed by atoms with Crippen molar-refractivity contribution in [2.45, 2.75) is 19.3 Å². The van der Waals surface area contributed by atoms with Crippen molar-refractivity contribution in [2.75, 3.05) is 11.7 Å². The Hall–Kier alpha value is -2.20. The Balaban J connectivity index is 2.33. The van der Waals surface area contributed by atoms with E-state index in [1.807, 2.05) is 0 Å². The summed E-state index contributed by atoms with van der Waals surface area (Å²) in [6, 6.07) is 3.11. The number of carbonyl (C=O) groups excluding carboxylic acids is 1. The van der Waals surface area contributed by atoms with Gasteiger partial charge in [0.05, 0.1) is 5.56 Å². The van der Waals surface area contributed by atoms with Crippen LogP contribution < -0.4 is 11.0 Å². The van der Waals surface area contributed by atoms with E-state index in [1.54, 1.807) is 0 Å². The first kappa shape index (κ1) is 13.2. The number of nitriles is 1. The standard InChI is InChI=1S/C12H12F2N4O/c13-9-6-11(10(14)5-8(9)7-15)18(16)17-4-2-1-3-12(17)19/h5-6H,1-4,16H2. The van der Waals surface area contributed by atoms with Gasteiger partial charge in [-0.05, 0) is 18.9 Å². The summed E-state index contributed by atoms with van der Waals surface area (Å²) < 4.78 is 27.3. The molecule has 19 heavy (non-hydrogen) atoms. The minimum atomic E-state index is -0.876. The molecule has 100 valence electrons. The highest BCUT2D eigenvalue weighted by molar-refractivity contribution is 5.78. The van der Waals surface area contributed by atoms with Gasteiger partial charge in [0.15, 0.2) is 5.82 Å². The van der Waals surface area contributed by atoms with Crippen LogP contribution in [0.1, 0.15) is 24.8 Å². The quantitative estimate of drug-likeness (QED) is 0.649. The molecule has 0 unspecified atom stereocenters. The molecule has 1 aromatic carbocycles. The number of rotatable bonds is 2. The molecule has 0 aromatic heterocycles. The smallest absolute Gasteiger partial charge is 0.242 e. The maximum atomic E-state index is 13.8. The molecule has 1 saturated heterocycles. The van der Waals surface area contributed by atoms with E-state index in [0.717, 1.165) is 30.1 Å². The van der Waals surface area contributed by atoms with Crippen LogP contribution in [-0.4, -0.2) is 17.5 Å². The number of amides is 1. The summed E-state index contributed by atoms with van der Waals surface area (Å²) in [5.74, 6) is 3.71. The predicted molar refractivity (Wildman–Crippen MR) is 63.3 cm³/mol. The molecule has 1 aromatic rings. The van der Waals surface area contributed by atoms with Gasteiger partial charge >= 0.3 is 0 Å². The van der Waals surface area contributed by atoms with Crippen LogP contribution in [0.2, 0.25) is 0 Å². The van der Waals surface area contributed by atoms with Crippen molar-refractivity contribution in [2.24, 2.45) is 5.84 Å². The topological polar surface area (TPSA) is 73.4 Å². The average molecular weight is 266 g/mol. The summed E-state index contributed by atoms with van der Waals surface area (Å²) in [6.07, 6.45) is 1.83. The lowest BCUT2D eigenvalue weighted by atomic mass is 10.1. The molecule has 0 aliphatic carbocycles. The van der Waals surface area contributed by atoms with Crippen LogP contribution in [0, 0.1) is 23.0 Å². The summed E-state index contributed by atoms with van der Waals surface area (Å²) in [5.41, 5.74) is -0.675. The second kappa shape index (κ2) is 5.20. The molecule has 1 aliphatic rings. The summed E-state index contributed by atoms with van der Waals surface area (Å²) in [7, 11) is 0. The Bertz CT molecular complexity index is 555. The van der Waals surface area contributed by atoms with Gasteiger partial charge in [-0.15, -0.1) is 0 Å². The van der Waals surface area contributed by atoms with Crippen molar-refractivity contribution in [1.82, 2.24) is 5.01 Å². The van der Waals surface area contributed by atoms with E-state index in [0.29, 0.717) is 13.0 Å². The van der Waals surface area contributed by atoms with E-state index in [1.165, 1.54) is 11.1 Å². The molecule has 1 heterocycles. The van der Waals surface area contributed by atoms with Crippen molar-refractivity contribution >= 4 is 11.6 Å². The molecule has 0 radical (unpaired) electrons. The van der Waals surface area contributed by atoms with Crippen molar-refractivity contribution < 1.29 is 13.6 Å². The molecule has 0 bridgehead atoms. The highest BCUT2D eigenvalue weighted by Crippen LogP contribution is 2.24. The second-order valence-electron chi connectivity index (χ2n) is 4.21. The van der Waals surface area contributed by atoms with Crippen LogP contribution in [0.25, 0.3) is 0 Å². The molecule has 5 nitrogen and oxygen atoms in total. The van der Waals surface area contributed by atoms with Gasteiger partial charge in [-0.3, -0.25) is 4.79 Å². The normalized spacial score (nSPS) is 15.3. The van der Waals surface area contributed by atoms with Crippen LogP contribution in [0.4, 0.5) is 14.5 Å². The molecular weight excluding hydrogens is 254 g/mol. The van der Waals surface area contributed by atoms with E-state index in [-0.39, 0.29) is 11.6 Å². The number of carbonyl (C=O) groups is 1. The Morgan fingerprint density at radius 3 is 2.68 bits per heavy atom. The van der Waals surface area contributed by atoms with Crippen LogP contribution in [0.15, 0.2) is 12.1 Å². The number of halogens is 2. The first-order chi connectivity index (χ1) is 9.04. The molecule has 1 aliphatic heterocycles. The lowest BCUT2D eigenvalue weighted by Crippen LogP contribution is -2.53. The molecule has 7 heteroatoms. The van der Waals surface area contributed by atoms with Gasteiger partial charge in [-0.25, -0.2) is 24.8 Å². The van der Waals surface area contributed by atoms with Crippen LogP contribution in [-0.2, 0) is 4.79 Å². The Labute approximate surface area is 108 Å². The largest absolute Gasteiger partial charge is 0.273 e. The monoisotopic (exact) mass is 266 g/mol. The minimum absolute atomic E-state index is 0.238. The van der Waals surface area contributed by atoms with E-state index in [2.05, 4.69) is 0 Å². The van der Waals surface area contributed by atoms with E-state index < -0.39 is 17.2 Å².